The van der Waals surface area contributed by atoms with Crippen molar-refractivity contribution in [1.82, 2.24) is 20.1 Å². The van der Waals surface area contributed by atoms with Crippen molar-refractivity contribution < 1.29 is 4.79 Å². The van der Waals surface area contributed by atoms with Crippen LogP contribution >= 0.6 is 23.4 Å². The van der Waals surface area contributed by atoms with Crippen molar-refractivity contribution >= 4 is 29.3 Å². The molecular formula is C22H25ClN4OS. The standard InChI is InChI=1S/C22H25ClN4OS/c1-16(2)15-24-20(28)13-8-14-29-22-26-25-21(18-11-6-7-12-19(18)23)27(22)17-9-4-3-5-10-17/h3-7,9-12,16H,8,13-15H2,1-2H3,(H,24,28). The number of thioether (sulfide) groups is 1. The Bertz CT molecular complexity index is 943. The van der Waals surface area contributed by atoms with Crippen molar-refractivity contribution in [2.24, 2.45) is 5.92 Å². The summed E-state index contributed by atoms with van der Waals surface area (Å²) in [5.74, 6) is 2.04. The first-order valence-corrected chi connectivity index (χ1v) is 11.1. The summed E-state index contributed by atoms with van der Waals surface area (Å²) < 4.78 is 2.02. The number of para-hydroxylation sites is 1. The van der Waals surface area contributed by atoms with E-state index in [0.717, 1.165) is 35.1 Å². The maximum Gasteiger partial charge on any atom is 0.220 e. The number of hydrogen-bond acceptors (Lipinski definition) is 4. The van der Waals surface area contributed by atoms with Gasteiger partial charge in [-0.1, -0.05) is 67.5 Å². The van der Waals surface area contributed by atoms with Gasteiger partial charge in [0.25, 0.3) is 0 Å². The highest BCUT2D eigenvalue weighted by Crippen LogP contribution is 2.32. The van der Waals surface area contributed by atoms with Gasteiger partial charge >= 0.3 is 0 Å². The van der Waals surface area contributed by atoms with Crippen LogP contribution in [0.3, 0.4) is 0 Å². The average Bonchev–Trinajstić information content (AvgIpc) is 3.14. The fraction of sp³-hybridized carbons (Fsp3) is 0.318. The topological polar surface area (TPSA) is 59.8 Å². The molecule has 7 heteroatoms. The lowest BCUT2D eigenvalue weighted by molar-refractivity contribution is -0.121. The molecule has 1 heterocycles. The summed E-state index contributed by atoms with van der Waals surface area (Å²) in [6, 6.07) is 17.6. The third kappa shape index (κ3) is 5.84. The van der Waals surface area contributed by atoms with Crippen LogP contribution < -0.4 is 5.32 Å². The Morgan fingerprint density at radius 3 is 2.55 bits per heavy atom. The van der Waals surface area contributed by atoms with Crippen molar-refractivity contribution in [2.45, 2.75) is 31.8 Å². The van der Waals surface area contributed by atoms with Gasteiger partial charge in [-0.25, -0.2) is 0 Å². The summed E-state index contributed by atoms with van der Waals surface area (Å²) >= 11 is 8.00. The van der Waals surface area contributed by atoms with Crippen LogP contribution in [-0.4, -0.2) is 33.0 Å². The average molecular weight is 429 g/mol. The second-order valence-corrected chi connectivity index (χ2v) is 8.58. The molecule has 152 valence electrons. The first kappa shape index (κ1) is 21.4. The molecule has 0 saturated carbocycles. The Labute approximate surface area is 180 Å². The molecule has 1 aromatic heterocycles. The smallest absolute Gasteiger partial charge is 0.220 e. The molecule has 0 aliphatic rings. The zero-order chi connectivity index (χ0) is 20.6. The van der Waals surface area contributed by atoms with Crippen molar-refractivity contribution in [3.8, 4) is 17.1 Å². The maximum absolute atomic E-state index is 11.9. The molecule has 0 aliphatic heterocycles. The molecule has 0 aliphatic carbocycles. The minimum atomic E-state index is 0.0978. The third-order valence-electron chi connectivity index (χ3n) is 4.25. The highest BCUT2D eigenvalue weighted by Gasteiger charge is 2.17. The summed E-state index contributed by atoms with van der Waals surface area (Å²) in [4.78, 5) is 11.9. The quantitative estimate of drug-likeness (QED) is 0.374. The van der Waals surface area contributed by atoms with Gasteiger partial charge in [0.15, 0.2) is 11.0 Å². The Kier molecular flexibility index (Phi) is 7.72. The number of nitrogens with one attached hydrogen (secondary N) is 1. The van der Waals surface area contributed by atoms with Crippen molar-refractivity contribution in [3.05, 3.63) is 59.6 Å². The highest BCUT2D eigenvalue weighted by atomic mass is 35.5. The van der Waals surface area contributed by atoms with Gasteiger partial charge in [0, 0.05) is 30.0 Å². The summed E-state index contributed by atoms with van der Waals surface area (Å²) in [5.41, 5.74) is 1.81. The minimum absolute atomic E-state index is 0.0978. The molecule has 0 radical (unpaired) electrons. The molecule has 29 heavy (non-hydrogen) atoms. The summed E-state index contributed by atoms with van der Waals surface area (Å²) in [6.07, 6.45) is 1.29. The number of carbonyl (C=O) groups is 1. The molecule has 3 rings (SSSR count). The number of halogens is 1. The minimum Gasteiger partial charge on any atom is -0.356 e. The molecule has 0 fully saturated rings. The van der Waals surface area contributed by atoms with E-state index >= 15 is 0 Å². The summed E-state index contributed by atoms with van der Waals surface area (Å²) in [5, 5.41) is 13.2. The van der Waals surface area contributed by atoms with E-state index in [1.807, 2.05) is 59.2 Å². The molecule has 0 spiro atoms. The number of carbonyl (C=O) groups excluding carboxylic acids is 1. The highest BCUT2D eigenvalue weighted by molar-refractivity contribution is 7.99. The number of hydrogen-bond donors (Lipinski definition) is 1. The number of amides is 1. The fourth-order valence-electron chi connectivity index (χ4n) is 2.79. The number of rotatable bonds is 9. The van der Waals surface area contributed by atoms with Gasteiger partial charge in [-0.3, -0.25) is 9.36 Å². The molecule has 2 aromatic carbocycles. The number of nitrogens with zero attached hydrogens (tertiary/aromatic N) is 3. The summed E-state index contributed by atoms with van der Waals surface area (Å²) in [6.45, 7) is 4.89. The third-order valence-corrected chi connectivity index (χ3v) is 5.59. The largest absolute Gasteiger partial charge is 0.356 e. The lowest BCUT2D eigenvalue weighted by Gasteiger charge is -2.11. The Morgan fingerprint density at radius 1 is 1.10 bits per heavy atom. The van der Waals surface area contributed by atoms with Crippen molar-refractivity contribution in [2.75, 3.05) is 12.3 Å². The van der Waals surface area contributed by atoms with E-state index in [2.05, 4.69) is 29.4 Å². The van der Waals surface area contributed by atoms with Crippen LogP contribution in [0.4, 0.5) is 0 Å². The zero-order valence-corrected chi connectivity index (χ0v) is 18.2. The van der Waals surface area contributed by atoms with Crippen LogP contribution in [0.5, 0.6) is 0 Å². The lowest BCUT2D eigenvalue weighted by atomic mass is 10.2. The number of benzene rings is 2. The second-order valence-electron chi connectivity index (χ2n) is 7.11. The molecular weight excluding hydrogens is 404 g/mol. The SMILES string of the molecule is CC(C)CNC(=O)CCCSc1nnc(-c2ccccc2Cl)n1-c1ccccc1. The van der Waals surface area contributed by atoms with E-state index in [9.17, 15) is 4.79 Å². The molecule has 1 amide bonds. The first-order chi connectivity index (χ1) is 14.1. The lowest BCUT2D eigenvalue weighted by Crippen LogP contribution is -2.27. The van der Waals surface area contributed by atoms with Crippen molar-refractivity contribution in [1.29, 1.82) is 0 Å². The van der Waals surface area contributed by atoms with E-state index in [4.69, 9.17) is 11.6 Å². The predicted molar refractivity (Wildman–Crippen MR) is 120 cm³/mol. The molecule has 0 atom stereocenters. The van der Waals surface area contributed by atoms with Crippen LogP contribution in [0.2, 0.25) is 5.02 Å². The van der Waals surface area contributed by atoms with Gasteiger partial charge in [0.05, 0.1) is 5.02 Å². The van der Waals surface area contributed by atoms with E-state index in [1.165, 1.54) is 0 Å². The Hall–Kier alpha value is -2.31. The van der Waals surface area contributed by atoms with Gasteiger partial charge in [-0.2, -0.15) is 0 Å². The maximum atomic E-state index is 11.9. The van der Waals surface area contributed by atoms with Gasteiger partial charge in [-0.05, 0) is 36.6 Å². The molecule has 0 saturated heterocycles. The molecule has 0 unspecified atom stereocenters. The van der Waals surface area contributed by atoms with Crippen LogP contribution in [-0.2, 0) is 4.79 Å². The van der Waals surface area contributed by atoms with Crippen LogP contribution in [0.25, 0.3) is 17.1 Å². The van der Waals surface area contributed by atoms with Crippen LogP contribution in [0.1, 0.15) is 26.7 Å². The summed E-state index contributed by atoms with van der Waals surface area (Å²) in [7, 11) is 0. The van der Waals surface area contributed by atoms with E-state index in [-0.39, 0.29) is 5.91 Å². The van der Waals surface area contributed by atoms with Gasteiger partial charge in [0.1, 0.15) is 0 Å². The van der Waals surface area contributed by atoms with Crippen LogP contribution in [0.15, 0.2) is 59.8 Å². The monoisotopic (exact) mass is 428 g/mol. The van der Waals surface area contributed by atoms with E-state index in [0.29, 0.717) is 23.2 Å². The Morgan fingerprint density at radius 2 is 1.83 bits per heavy atom. The normalized spacial score (nSPS) is 11.0. The molecule has 0 bridgehead atoms. The van der Waals surface area contributed by atoms with Crippen LogP contribution in [0, 0.1) is 5.92 Å². The first-order valence-electron chi connectivity index (χ1n) is 9.71. The molecule has 1 N–H and O–H groups in total. The Balaban J connectivity index is 1.74. The van der Waals surface area contributed by atoms with E-state index < -0.39 is 0 Å². The molecule has 3 aromatic rings. The fourth-order valence-corrected chi connectivity index (χ4v) is 3.90. The van der Waals surface area contributed by atoms with E-state index in [1.54, 1.807) is 11.8 Å². The predicted octanol–water partition coefficient (Wildman–Crippen LogP) is 5.23. The van der Waals surface area contributed by atoms with Gasteiger partial charge in [0.2, 0.25) is 5.91 Å². The molecule has 5 nitrogen and oxygen atoms in total. The van der Waals surface area contributed by atoms with Gasteiger partial charge < -0.3 is 5.32 Å². The number of aromatic nitrogens is 3. The zero-order valence-electron chi connectivity index (χ0n) is 16.6. The second kappa shape index (κ2) is 10.5. The van der Waals surface area contributed by atoms with Gasteiger partial charge in [-0.15, -0.1) is 10.2 Å². The van der Waals surface area contributed by atoms with Crippen molar-refractivity contribution in [3.63, 3.8) is 0 Å².